The highest BCUT2D eigenvalue weighted by Gasteiger charge is 2.24. The monoisotopic (exact) mass is 212 g/mol. The molecule has 1 N–H and O–H groups in total. The molecule has 0 radical (unpaired) electrons. The highest BCUT2D eigenvalue weighted by molar-refractivity contribution is 5.96. The molecule has 5 nitrogen and oxygen atoms in total. The van der Waals surface area contributed by atoms with Gasteiger partial charge in [-0.3, -0.25) is 10.1 Å². The molecule has 15 heavy (non-hydrogen) atoms. The third-order valence-electron chi connectivity index (χ3n) is 2.97. The van der Waals surface area contributed by atoms with E-state index in [1.54, 1.807) is 4.90 Å². The maximum atomic E-state index is 11.4. The van der Waals surface area contributed by atoms with Crippen molar-refractivity contribution in [3.05, 3.63) is 0 Å². The van der Waals surface area contributed by atoms with Gasteiger partial charge in [0.25, 0.3) is 0 Å². The van der Waals surface area contributed by atoms with Gasteiger partial charge in [0, 0.05) is 32.7 Å². The molecule has 2 aliphatic heterocycles. The molecule has 0 aromatic heterocycles. The van der Waals surface area contributed by atoms with Crippen LogP contribution in [0.5, 0.6) is 0 Å². The minimum Gasteiger partial charge on any atom is -0.381 e. The predicted molar refractivity (Wildman–Crippen MR) is 53.3 cm³/mol. The maximum absolute atomic E-state index is 11.4. The SMILES string of the molecule is O=C1CCN(CCC2CCOC2)C(=O)N1. The van der Waals surface area contributed by atoms with E-state index in [-0.39, 0.29) is 11.9 Å². The molecule has 84 valence electrons. The van der Waals surface area contributed by atoms with Crippen LogP contribution in [-0.2, 0) is 9.53 Å². The van der Waals surface area contributed by atoms with E-state index in [2.05, 4.69) is 5.32 Å². The van der Waals surface area contributed by atoms with Crippen molar-refractivity contribution in [2.75, 3.05) is 26.3 Å². The van der Waals surface area contributed by atoms with Gasteiger partial charge in [0.05, 0.1) is 0 Å². The van der Waals surface area contributed by atoms with Crippen LogP contribution in [0.15, 0.2) is 0 Å². The van der Waals surface area contributed by atoms with Crippen molar-refractivity contribution in [1.29, 1.82) is 0 Å². The summed E-state index contributed by atoms with van der Waals surface area (Å²) < 4.78 is 5.27. The Kier molecular flexibility index (Phi) is 3.20. The molecule has 2 rings (SSSR count). The second-order valence-electron chi connectivity index (χ2n) is 4.11. The minimum atomic E-state index is -0.245. The Balaban J connectivity index is 1.74. The van der Waals surface area contributed by atoms with Gasteiger partial charge in [-0.15, -0.1) is 0 Å². The number of amides is 3. The molecule has 2 heterocycles. The number of nitrogens with one attached hydrogen (secondary N) is 1. The van der Waals surface area contributed by atoms with Crippen molar-refractivity contribution in [2.24, 2.45) is 5.92 Å². The summed E-state index contributed by atoms with van der Waals surface area (Å²) in [5, 5.41) is 2.32. The third-order valence-corrected chi connectivity index (χ3v) is 2.97. The molecule has 1 unspecified atom stereocenters. The van der Waals surface area contributed by atoms with Crippen molar-refractivity contribution < 1.29 is 14.3 Å². The lowest BCUT2D eigenvalue weighted by Gasteiger charge is -2.27. The van der Waals surface area contributed by atoms with Crippen LogP contribution in [0.1, 0.15) is 19.3 Å². The van der Waals surface area contributed by atoms with Gasteiger partial charge in [0.2, 0.25) is 5.91 Å². The van der Waals surface area contributed by atoms with Crippen LogP contribution >= 0.6 is 0 Å². The largest absolute Gasteiger partial charge is 0.381 e. The number of imide groups is 1. The number of hydrogen-bond donors (Lipinski definition) is 1. The fourth-order valence-electron chi connectivity index (χ4n) is 1.96. The van der Waals surface area contributed by atoms with E-state index < -0.39 is 0 Å². The molecule has 0 bridgehead atoms. The molecule has 2 aliphatic rings. The highest BCUT2D eigenvalue weighted by atomic mass is 16.5. The van der Waals surface area contributed by atoms with E-state index >= 15 is 0 Å². The zero-order chi connectivity index (χ0) is 10.7. The van der Waals surface area contributed by atoms with Gasteiger partial charge < -0.3 is 9.64 Å². The lowest BCUT2D eigenvalue weighted by atomic mass is 10.0. The molecule has 0 aromatic rings. The van der Waals surface area contributed by atoms with Gasteiger partial charge in [-0.2, -0.15) is 0 Å². The standard InChI is InChI=1S/C10H16N2O3/c13-9-2-5-12(10(14)11-9)4-1-8-3-6-15-7-8/h8H,1-7H2,(H,11,13,14). The van der Waals surface area contributed by atoms with E-state index in [0.717, 1.165) is 32.6 Å². The van der Waals surface area contributed by atoms with Crippen LogP contribution in [0.3, 0.4) is 0 Å². The highest BCUT2D eigenvalue weighted by Crippen LogP contribution is 2.17. The number of urea groups is 1. The summed E-state index contributed by atoms with van der Waals surface area (Å²) in [6.45, 7) is 2.94. The average Bonchev–Trinajstić information content (AvgIpc) is 2.69. The molecular formula is C10H16N2O3. The molecule has 0 spiro atoms. The summed E-state index contributed by atoms with van der Waals surface area (Å²) in [5.41, 5.74) is 0. The van der Waals surface area contributed by atoms with Crippen LogP contribution in [0.2, 0.25) is 0 Å². The summed E-state index contributed by atoms with van der Waals surface area (Å²) in [5.74, 6) is 0.413. The van der Waals surface area contributed by atoms with Crippen molar-refractivity contribution in [1.82, 2.24) is 10.2 Å². The smallest absolute Gasteiger partial charge is 0.324 e. The van der Waals surface area contributed by atoms with E-state index in [4.69, 9.17) is 4.74 Å². The molecule has 1 atom stereocenters. The van der Waals surface area contributed by atoms with E-state index in [9.17, 15) is 9.59 Å². The van der Waals surface area contributed by atoms with Gasteiger partial charge in [0.1, 0.15) is 0 Å². The quantitative estimate of drug-likeness (QED) is 0.734. The topological polar surface area (TPSA) is 58.6 Å². The van der Waals surface area contributed by atoms with Gasteiger partial charge in [0.15, 0.2) is 0 Å². The third kappa shape index (κ3) is 2.68. The number of carbonyl (C=O) groups is 2. The average molecular weight is 212 g/mol. The zero-order valence-electron chi connectivity index (χ0n) is 8.70. The summed E-state index contributed by atoms with van der Waals surface area (Å²) in [6, 6.07) is -0.245. The molecule has 0 aromatic carbocycles. The first kappa shape index (κ1) is 10.4. The Morgan fingerprint density at radius 3 is 3.00 bits per heavy atom. The number of carbonyl (C=O) groups excluding carboxylic acids is 2. The molecule has 5 heteroatoms. The maximum Gasteiger partial charge on any atom is 0.324 e. The van der Waals surface area contributed by atoms with E-state index in [1.165, 1.54) is 0 Å². The Hall–Kier alpha value is -1.10. The van der Waals surface area contributed by atoms with E-state index in [0.29, 0.717) is 18.9 Å². The first-order valence-corrected chi connectivity index (χ1v) is 5.42. The second-order valence-corrected chi connectivity index (χ2v) is 4.11. The van der Waals surface area contributed by atoms with Gasteiger partial charge in [-0.05, 0) is 18.8 Å². The van der Waals surface area contributed by atoms with Gasteiger partial charge in [-0.1, -0.05) is 0 Å². The number of rotatable bonds is 3. The van der Waals surface area contributed by atoms with Crippen molar-refractivity contribution in [3.63, 3.8) is 0 Å². The van der Waals surface area contributed by atoms with Crippen LogP contribution in [0.4, 0.5) is 4.79 Å². The Bertz CT molecular complexity index is 261. The summed E-state index contributed by atoms with van der Waals surface area (Å²) >= 11 is 0. The fourth-order valence-corrected chi connectivity index (χ4v) is 1.96. The summed E-state index contributed by atoms with van der Waals surface area (Å²) in [6.07, 6.45) is 2.49. The normalized spacial score (nSPS) is 26.9. The van der Waals surface area contributed by atoms with Crippen molar-refractivity contribution >= 4 is 11.9 Å². The van der Waals surface area contributed by atoms with Gasteiger partial charge >= 0.3 is 6.03 Å². The number of nitrogens with zero attached hydrogens (tertiary/aromatic N) is 1. The molecule has 3 amide bonds. The zero-order valence-corrected chi connectivity index (χ0v) is 8.70. The number of hydrogen-bond acceptors (Lipinski definition) is 3. The van der Waals surface area contributed by atoms with E-state index in [1.807, 2.05) is 0 Å². The molecule has 0 aliphatic carbocycles. The Morgan fingerprint density at radius 2 is 2.33 bits per heavy atom. The molecule has 2 fully saturated rings. The minimum absolute atomic E-state index is 0.166. The fraction of sp³-hybridized carbons (Fsp3) is 0.800. The second kappa shape index (κ2) is 4.61. The van der Waals surface area contributed by atoms with Crippen LogP contribution < -0.4 is 5.32 Å². The van der Waals surface area contributed by atoms with Crippen LogP contribution in [0, 0.1) is 5.92 Å². The first-order chi connectivity index (χ1) is 7.25. The first-order valence-electron chi connectivity index (χ1n) is 5.42. The molecular weight excluding hydrogens is 196 g/mol. The lowest BCUT2D eigenvalue weighted by molar-refractivity contribution is -0.121. The Labute approximate surface area is 88.8 Å². The summed E-state index contributed by atoms with van der Waals surface area (Å²) in [4.78, 5) is 24.0. The molecule has 0 saturated carbocycles. The Morgan fingerprint density at radius 1 is 1.47 bits per heavy atom. The van der Waals surface area contributed by atoms with Crippen molar-refractivity contribution in [3.8, 4) is 0 Å². The van der Waals surface area contributed by atoms with Crippen LogP contribution in [-0.4, -0.2) is 43.1 Å². The van der Waals surface area contributed by atoms with Gasteiger partial charge in [-0.25, -0.2) is 4.79 Å². The lowest BCUT2D eigenvalue weighted by Crippen LogP contribution is -2.49. The number of ether oxygens (including phenoxy) is 1. The van der Waals surface area contributed by atoms with Crippen molar-refractivity contribution in [2.45, 2.75) is 19.3 Å². The van der Waals surface area contributed by atoms with Crippen LogP contribution in [0.25, 0.3) is 0 Å². The molecule has 2 saturated heterocycles. The predicted octanol–water partition coefficient (Wildman–Crippen LogP) is 0.355. The summed E-state index contributed by atoms with van der Waals surface area (Å²) in [7, 11) is 0.